The Bertz CT molecular complexity index is 1500. The van der Waals surface area contributed by atoms with Crippen LogP contribution in [0, 0.1) is 5.82 Å². The maximum absolute atomic E-state index is 16.1. The van der Waals surface area contributed by atoms with Gasteiger partial charge in [0, 0.05) is 48.3 Å². The molecule has 1 amide bonds. The molecule has 0 atom stereocenters. The average molecular weight is 540 g/mol. The predicted octanol–water partition coefficient (Wildman–Crippen LogP) is 6.42. The highest BCUT2D eigenvalue weighted by atomic mass is 35.5. The Morgan fingerprint density at radius 2 is 1.78 bits per heavy atom. The van der Waals surface area contributed by atoms with E-state index in [-0.39, 0.29) is 17.3 Å². The summed E-state index contributed by atoms with van der Waals surface area (Å²) in [5.74, 6) is 0.0864. The molecular formula is C27H27ClFN5O2S. The van der Waals surface area contributed by atoms with Crippen molar-refractivity contribution >= 4 is 56.9 Å². The molecule has 4 aromatic rings. The van der Waals surface area contributed by atoms with Gasteiger partial charge in [-0.25, -0.2) is 19.2 Å². The zero-order chi connectivity index (χ0) is 26.3. The molecule has 1 saturated heterocycles. The summed E-state index contributed by atoms with van der Waals surface area (Å²) in [5, 5.41) is 3.17. The van der Waals surface area contributed by atoms with Crippen molar-refractivity contribution in [2.75, 3.05) is 37.3 Å². The van der Waals surface area contributed by atoms with Gasteiger partial charge in [-0.3, -0.25) is 4.98 Å². The van der Waals surface area contributed by atoms with Gasteiger partial charge in [0.05, 0.1) is 5.39 Å². The van der Waals surface area contributed by atoms with Crippen LogP contribution in [0.1, 0.15) is 20.8 Å². The minimum Gasteiger partial charge on any atom is -0.444 e. The summed E-state index contributed by atoms with van der Waals surface area (Å²) in [6.07, 6.45) is 3.15. The Kier molecular flexibility index (Phi) is 6.85. The molecule has 1 aliphatic heterocycles. The molecule has 0 saturated carbocycles. The normalized spacial score (nSPS) is 14.4. The fraction of sp³-hybridized carbons (Fsp3) is 0.333. The smallest absolute Gasteiger partial charge is 0.410 e. The number of piperazine rings is 1. The van der Waals surface area contributed by atoms with E-state index in [0.717, 1.165) is 10.8 Å². The maximum Gasteiger partial charge on any atom is 0.410 e. The Morgan fingerprint density at radius 1 is 1.08 bits per heavy atom. The first-order chi connectivity index (χ1) is 17.7. The number of benzene rings is 2. The van der Waals surface area contributed by atoms with Crippen LogP contribution in [-0.4, -0.2) is 64.0 Å². The molecule has 3 heterocycles. The Balaban J connectivity index is 1.53. The summed E-state index contributed by atoms with van der Waals surface area (Å²) in [4.78, 5) is 30.0. The van der Waals surface area contributed by atoms with Gasteiger partial charge in [0.2, 0.25) is 0 Å². The molecule has 0 spiro atoms. The first-order valence-corrected chi connectivity index (χ1v) is 13.6. The number of ether oxygens (including phenoxy) is 1. The highest BCUT2D eigenvalue weighted by Crippen LogP contribution is 2.37. The van der Waals surface area contributed by atoms with Gasteiger partial charge in [-0.2, -0.15) is 0 Å². The number of pyridine rings is 1. The first kappa shape index (κ1) is 25.5. The number of nitrogens with zero attached hydrogens (tertiary/aromatic N) is 5. The molecule has 1 fully saturated rings. The molecule has 0 radical (unpaired) electrons. The zero-order valence-electron chi connectivity index (χ0n) is 21.1. The molecule has 2 aromatic heterocycles. The van der Waals surface area contributed by atoms with Crippen molar-refractivity contribution in [2.45, 2.75) is 31.5 Å². The monoisotopic (exact) mass is 539 g/mol. The third-order valence-electron chi connectivity index (χ3n) is 6.17. The SMILES string of the molecule is CSc1nc(N2CCN(C(=O)OC(C)(C)C)CC2)c2cnc(-c3cccc4cccc(Cl)c34)c(F)c2n1. The van der Waals surface area contributed by atoms with Crippen LogP contribution in [0.5, 0.6) is 0 Å². The van der Waals surface area contributed by atoms with Crippen molar-refractivity contribution in [1.82, 2.24) is 19.9 Å². The third-order valence-corrected chi connectivity index (χ3v) is 7.03. The van der Waals surface area contributed by atoms with Gasteiger partial charge in [0.1, 0.15) is 22.6 Å². The van der Waals surface area contributed by atoms with Crippen LogP contribution in [0.15, 0.2) is 47.8 Å². The van der Waals surface area contributed by atoms with Gasteiger partial charge in [0.25, 0.3) is 0 Å². The van der Waals surface area contributed by atoms with Crippen molar-refractivity contribution in [2.24, 2.45) is 0 Å². The van der Waals surface area contributed by atoms with Gasteiger partial charge < -0.3 is 14.5 Å². The van der Waals surface area contributed by atoms with Crippen LogP contribution >= 0.6 is 23.4 Å². The van der Waals surface area contributed by atoms with E-state index in [2.05, 4.69) is 9.97 Å². The molecule has 0 bridgehead atoms. The van der Waals surface area contributed by atoms with E-state index in [1.54, 1.807) is 17.2 Å². The number of hydrogen-bond donors (Lipinski definition) is 0. The molecule has 1 aliphatic rings. The largest absolute Gasteiger partial charge is 0.444 e. The van der Waals surface area contributed by atoms with Crippen molar-refractivity contribution in [3.63, 3.8) is 0 Å². The second kappa shape index (κ2) is 9.95. The van der Waals surface area contributed by atoms with E-state index < -0.39 is 11.4 Å². The Morgan fingerprint density at radius 3 is 2.46 bits per heavy atom. The summed E-state index contributed by atoms with van der Waals surface area (Å²) in [6.45, 7) is 7.54. The van der Waals surface area contributed by atoms with Crippen LogP contribution in [0.25, 0.3) is 32.9 Å². The molecule has 7 nitrogen and oxygen atoms in total. The van der Waals surface area contributed by atoms with E-state index in [1.807, 2.05) is 62.3 Å². The molecule has 10 heteroatoms. The number of rotatable bonds is 3. The molecule has 5 rings (SSSR count). The number of carbonyl (C=O) groups is 1. The van der Waals surface area contributed by atoms with Crippen LogP contribution < -0.4 is 4.90 Å². The van der Waals surface area contributed by atoms with Crippen molar-refractivity contribution in [3.05, 3.63) is 53.4 Å². The zero-order valence-corrected chi connectivity index (χ0v) is 22.7. The van der Waals surface area contributed by atoms with Gasteiger partial charge in [0.15, 0.2) is 11.0 Å². The van der Waals surface area contributed by atoms with Crippen molar-refractivity contribution < 1.29 is 13.9 Å². The lowest BCUT2D eigenvalue weighted by molar-refractivity contribution is 0.0240. The van der Waals surface area contributed by atoms with Crippen molar-refractivity contribution in [1.29, 1.82) is 0 Å². The van der Waals surface area contributed by atoms with Crippen LogP contribution in [0.3, 0.4) is 0 Å². The summed E-state index contributed by atoms with van der Waals surface area (Å²) < 4.78 is 21.6. The van der Waals surface area contributed by atoms with Crippen LogP contribution in [-0.2, 0) is 4.74 Å². The first-order valence-electron chi connectivity index (χ1n) is 12.0. The summed E-state index contributed by atoms with van der Waals surface area (Å²) >= 11 is 7.85. The van der Waals surface area contributed by atoms with Crippen molar-refractivity contribution in [3.8, 4) is 11.3 Å². The van der Waals surface area contributed by atoms with E-state index in [4.69, 9.17) is 21.3 Å². The number of fused-ring (bicyclic) bond motifs is 2. The van der Waals surface area contributed by atoms with Crippen LogP contribution in [0.2, 0.25) is 5.02 Å². The topological polar surface area (TPSA) is 71.5 Å². The second-order valence-corrected chi connectivity index (χ2v) is 11.0. The van der Waals surface area contributed by atoms with E-state index >= 15 is 4.39 Å². The minimum atomic E-state index is -0.556. The molecule has 2 aromatic carbocycles. The van der Waals surface area contributed by atoms with Gasteiger partial charge in [-0.1, -0.05) is 53.7 Å². The molecule has 192 valence electrons. The number of hydrogen-bond acceptors (Lipinski definition) is 7. The molecule has 0 aliphatic carbocycles. The van der Waals surface area contributed by atoms with Gasteiger partial charge in [-0.05, 0) is 38.5 Å². The number of thioether (sulfide) groups is 1. The van der Waals surface area contributed by atoms with Gasteiger partial charge >= 0.3 is 6.09 Å². The summed E-state index contributed by atoms with van der Waals surface area (Å²) in [7, 11) is 0. The highest BCUT2D eigenvalue weighted by molar-refractivity contribution is 7.98. The summed E-state index contributed by atoms with van der Waals surface area (Å²) in [5.41, 5.74) is 0.453. The molecule has 37 heavy (non-hydrogen) atoms. The standard InChI is InChI=1S/C27H27ClFN5O2S/c1-27(2,3)36-26(35)34-13-11-33(12-14-34)24-18-15-30-22(21(29)23(18)31-25(32-24)37-4)17-9-5-7-16-8-6-10-19(28)20(16)17/h5-10,15H,11-14H2,1-4H3. The number of anilines is 1. The maximum atomic E-state index is 16.1. The fourth-order valence-corrected chi connectivity index (χ4v) is 5.11. The minimum absolute atomic E-state index is 0.192. The van der Waals surface area contributed by atoms with E-state index in [1.165, 1.54) is 11.8 Å². The number of aromatic nitrogens is 3. The number of amides is 1. The molecular weight excluding hydrogens is 513 g/mol. The molecule has 0 unspecified atom stereocenters. The number of halogens is 2. The fourth-order valence-electron chi connectivity index (χ4n) is 4.46. The molecule has 0 N–H and O–H groups in total. The highest BCUT2D eigenvalue weighted by Gasteiger charge is 2.28. The van der Waals surface area contributed by atoms with E-state index in [9.17, 15) is 4.79 Å². The lowest BCUT2D eigenvalue weighted by Crippen LogP contribution is -2.50. The third kappa shape index (κ3) is 5.02. The lowest BCUT2D eigenvalue weighted by atomic mass is 10.0. The quantitative estimate of drug-likeness (QED) is 0.220. The van der Waals surface area contributed by atoms with Gasteiger partial charge in [-0.15, -0.1) is 0 Å². The Labute approximate surface area is 224 Å². The predicted molar refractivity (Wildman–Crippen MR) is 147 cm³/mol. The Hall–Kier alpha value is -3.17. The lowest BCUT2D eigenvalue weighted by Gasteiger charge is -2.36. The number of carbonyl (C=O) groups excluding carboxylic acids is 1. The second-order valence-electron chi connectivity index (χ2n) is 9.81. The van der Waals surface area contributed by atoms with Crippen LogP contribution in [0.4, 0.5) is 15.0 Å². The summed E-state index contributed by atoms with van der Waals surface area (Å²) in [6, 6.07) is 11.2. The average Bonchev–Trinajstić information content (AvgIpc) is 2.87. The van der Waals surface area contributed by atoms with E-state index in [0.29, 0.717) is 53.1 Å².